The Labute approximate surface area is 169 Å². The predicted molar refractivity (Wildman–Crippen MR) is 109 cm³/mol. The lowest BCUT2D eigenvalue weighted by molar-refractivity contribution is -0.342. The van der Waals surface area contributed by atoms with Crippen molar-refractivity contribution in [3.8, 4) is 0 Å². The van der Waals surface area contributed by atoms with Crippen LogP contribution >= 0.6 is 0 Å². The van der Waals surface area contributed by atoms with Crippen LogP contribution in [0.3, 0.4) is 0 Å². The summed E-state index contributed by atoms with van der Waals surface area (Å²) in [4.78, 5) is 6.34. The van der Waals surface area contributed by atoms with Crippen molar-refractivity contribution in [2.24, 2.45) is 0 Å². The molecular formula is C24H15F4N2+. The Morgan fingerprint density at radius 1 is 0.900 bits per heavy atom. The molecule has 0 radical (unpaired) electrons. The summed E-state index contributed by atoms with van der Waals surface area (Å²) in [6.45, 7) is 0. The highest BCUT2D eigenvalue weighted by Gasteiger charge is 2.31. The number of nitrogens with one attached hydrogen (secondary N) is 2. The van der Waals surface area contributed by atoms with E-state index >= 15 is 0 Å². The van der Waals surface area contributed by atoms with Gasteiger partial charge in [-0.1, -0.05) is 30.3 Å². The third-order valence-corrected chi connectivity index (χ3v) is 5.27. The van der Waals surface area contributed by atoms with Crippen molar-refractivity contribution in [1.82, 2.24) is 4.98 Å². The van der Waals surface area contributed by atoms with Crippen LogP contribution < -0.4 is 4.99 Å². The molecule has 3 aromatic carbocycles. The Bertz CT molecular complexity index is 1330. The first-order valence-corrected chi connectivity index (χ1v) is 9.30. The maximum absolute atomic E-state index is 14.0. The average molecular weight is 407 g/mol. The van der Waals surface area contributed by atoms with Gasteiger partial charge in [-0.05, 0) is 35.9 Å². The van der Waals surface area contributed by atoms with Crippen LogP contribution in [0, 0.1) is 5.82 Å². The van der Waals surface area contributed by atoms with Crippen molar-refractivity contribution in [2.45, 2.75) is 6.18 Å². The number of alkyl halides is 3. The fraction of sp³-hybridized carbons (Fsp3) is 0.0417. The molecule has 0 amide bonds. The third kappa shape index (κ3) is 3.01. The first-order chi connectivity index (χ1) is 14.4. The molecular weight excluding hydrogens is 392 g/mol. The summed E-state index contributed by atoms with van der Waals surface area (Å²) in [5, 5.41) is 0.929. The van der Waals surface area contributed by atoms with E-state index in [1.165, 1.54) is 24.3 Å². The largest absolute Gasteiger partial charge is 0.416 e. The quantitative estimate of drug-likeness (QED) is 0.434. The second-order valence-corrected chi connectivity index (χ2v) is 7.09. The van der Waals surface area contributed by atoms with Crippen LogP contribution in [-0.4, -0.2) is 11.2 Å². The Hall–Kier alpha value is -3.67. The molecule has 0 saturated heterocycles. The maximum Gasteiger partial charge on any atom is 0.416 e. The van der Waals surface area contributed by atoms with Crippen molar-refractivity contribution >= 4 is 34.0 Å². The summed E-state index contributed by atoms with van der Waals surface area (Å²) in [7, 11) is 0. The Kier molecular flexibility index (Phi) is 4.10. The lowest BCUT2D eigenvalue weighted by Crippen LogP contribution is -2.58. The van der Waals surface area contributed by atoms with E-state index in [1.54, 1.807) is 12.3 Å². The van der Waals surface area contributed by atoms with Gasteiger partial charge in [-0.15, -0.1) is 0 Å². The van der Waals surface area contributed by atoms with Crippen LogP contribution in [0.1, 0.15) is 22.3 Å². The van der Waals surface area contributed by atoms with Crippen molar-refractivity contribution < 1.29 is 22.6 Å². The van der Waals surface area contributed by atoms with Crippen molar-refractivity contribution in [3.05, 3.63) is 101 Å². The molecule has 0 bridgehead atoms. The molecule has 0 spiro atoms. The molecule has 6 heteroatoms. The highest BCUT2D eigenvalue weighted by molar-refractivity contribution is 6.24. The van der Waals surface area contributed by atoms with E-state index in [0.29, 0.717) is 16.7 Å². The molecule has 0 saturated carbocycles. The summed E-state index contributed by atoms with van der Waals surface area (Å²) in [6, 6.07) is 17.2. The molecule has 2 N–H and O–H groups in total. The van der Waals surface area contributed by atoms with E-state index in [0.717, 1.165) is 39.9 Å². The molecule has 4 aromatic rings. The number of para-hydroxylation sites is 1. The Balaban J connectivity index is 1.79. The van der Waals surface area contributed by atoms with Crippen molar-refractivity contribution in [3.63, 3.8) is 0 Å². The molecule has 0 unspecified atom stereocenters. The number of aromatic nitrogens is 1. The van der Waals surface area contributed by atoms with Crippen molar-refractivity contribution in [2.75, 3.05) is 0 Å². The zero-order valence-corrected chi connectivity index (χ0v) is 15.5. The predicted octanol–water partition coefficient (Wildman–Crippen LogP) is 5.08. The number of fused-ring (bicyclic) bond motifs is 2. The second-order valence-electron chi connectivity index (χ2n) is 7.09. The Morgan fingerprint density at radius 2 is 1.67 bits per heavy atom. The Morgan fingerprint density at radius 3 is 2.43 bits per heavy atom. The third-order valence-electron chi connectivity index (χ3n) is 5.27. The minimum absolute atomic E-state index is 0.381. The molecule has 148 valence electrons. The summed E-state index contributed by atoms with van der Waals surface area (Å²) >= 11 is 0. The van der Waals surface area contributed by atoms with Gasteiger partial charge in [0.25, 0.3) is 0 Å². The minimum atomic E-state index is -4.41. The molecule has 30 heavy (non-hydrogen) atoms. The number of benzene rings is 3. The van der Waals surface area contributed by atoms with Crippen LogP contribution in [0.2, 0.25) is 0 Å². The standard InChI is InChI=1S/C24H14F4N2/c25-16-9-10-22-18(11-16)20(13-30-22)23(14-5-7-15(8-6-14)24(26,27)28)19-12-29-21-4-2-1-3-17(19)21/h1-13,29H/p+1. The van der Waals surface area contributed by atoms with Gasteiger partial charge in [-0.2, -0.15) is 13.2 Å². The topological polar surface area (TPSA) is 29.8 Å². The molecule has 5 rings (SSSR count). The van der Waals surface area contributed by atoms with Gasteiger partial charge in [0.05, 0.1) is 16.7 Å². The molecule has 0 atom stereocenters. The van der Waals surface area contributed by atoms with E-state index in [9.17, 15) is 17.6 Å². The minimum Gasteiger partial charge on any atom is -0.361 e. The average Bonchev–Trinajstić information content (AvgIpc) is 3.33. The summed E-state index contributed by atoms with van der Waals surface area (Å²) in [6.07, 6.45) is -0.821. The smallest absolute Gasteiger partial charge is 0.361 e. The number of H-pyrrole nitrogens is 1. The second kappa shape index (κ2) is 6.69. The van der Waals surface area contributed by atoms with Gasteiger partial charge in [0.1, 0.15) is 5.82 Å². The molecule has 0 aliphatic carbocycles. The van der Waals surface area contributed by atoms with Gasteiger partial charge in [0.2, 0.25) is 5.69 Å². The van der Waals surface area contributed by atoms with Crippen LogP contribution in [-0.2, 0) is 6.18 Å². The molecule has 2 nitrogen and oxygen atoms in total. The van der Waals surface area contributed by atoms with Gasteiger partial charge >= 0.3 is 6.18 Å². The number of allylic oxidation sites excluding steroid dienone is 1. The van der Waals surface area contributed by atoms with E-state index in [1.807, 2.05) is 30.5 Å². The maximum atomic E-state index is 14.0. The van der Waals surface area contributed by atoms with E-state index in [-0.39, 0.29) is 5.82 Å². The van der Waals surface area contributed by atoms with Crippen LogP contribution in [0.5, 0.6) is 0 Å². The van der Waals surface area contributed by atoms with Gasteiger partial charge < -0.3 is 4.98 Å². The number of halogens is 4. The van der Waals surface area contributed by atoms with Crippen LogP contribution in [0.15, 0.2) is 72.9 Å². The monoisotopic (exact) mass is 407 g/mol. The number of aromatic amines is 1. The molecule has 1 aliphatic heterocycles. The van der Waals surface area contributed by atoms with Gasteiger partial charge in [-0.3, -0.25) is 0 Å². The van der Waals surface area contributed by atoms with Gasteiger partial charge in [0.15, 0.2) is 6.21 Å². The molecule has 1 aromatic heterocycles. The fourth-order valence-electron chi connectivity index (χ4n) is 3.86. The molecule has 0 fully saturated rings. The summed E-state index contributed by atoms with van der Waals surface area (Å²) in [5.41, 5.74) is 4.48. The normalized spacial score (nSPS) is 14.9. The zero-order chi connectivity index (χ0) is 20.9. The number of hydrogen-bond donors (Lipinski definition) is 2. The van der Waals surface area contributed by atoms with Crippen molar-refractivity contribution in [1.29, 1.82) is 0 Å². The lowest BCUT2D eigenvalue weighted by atomic mass is 9.89. The van der Waals surface area contributed by atoms with Crippen LogP contribution in [0.25, 0.3) is 22.0 Å². The van der Waals surface area contributed by atoms with Gasteiger partial charge in [-0.25, -0.2) is 9.38 Å². The summed E-state index contributed by atoms with van der Waals surface area (Å²) in [5.74, 6) is -0.381. The number of hydrogen-bond acceptors (Lipinski definition) is 0. The highest BCUT2D eigenvalue weighted by atomic mass is 19.4. The summed E-state index contributed by atoms with van der Waals surface area (Å²) < 4.78 is 53.2. The van der Waals surface area contributed by atoms with E-state index in [2.05, 4.69) is 9.98 Å². The number of rotatable bonds is 2. The SMILES string of the molecule is Fc1ccc2c(c1)C(=C(c1ccc(C(F)(F)F)cc1)c1c[nH]c3ccccc13)C=[NH+]2. The van der Waals surface area contributed by atoms with Gasteiger partial charge in [0, 0.05) is 34.3 Å². The van der Waals surface area contributed by atoms with E-state index in [4.69, 9.17) is 0 Å². The fourth-order valence-corrected chi connectivity index (χ4v) is 3.86. The van der Waals surface area contributed by atoms with E-state index < -0.39 is 11.7 Å². The first-order valence-electron chi connectivity index (χ1n) is 9.30. The highest BCUT2D eigenvalue weighted by Crippen LogP contribution is 2.39. The van der Waals surface area contributed by atoms with Crippen LogP contribution in [0.4, 0.5) is 23.2 Å². The lowest BCUT2D eigenvalue weighted by Gasteiger charge is -2.12. The molecule has 1 aliphatic rings. The first kappa shape index (κ1) is 18.4. The zero-order valence-electron chi connectivity index (χ0n) is 15.5. The molecule has 2 heterocycles.